The summed E-state index contributed by atoms with van der Waals surface area (Å²) in [7, 11) is 0. The number of carbonyl (C=O) groups is 1. The zero-order valence-electron chi connectivity index (χ0n) is 10.2. The van der Waals surface area contributed by atoms with Crippen LogP contribution >= 0.6 is 11.8 Å². The maximum absolute atomic E-state index is 12.3. The van der Waals surface area contributed by atoms with Crippen molar-refractivity contribution in [2.45, 2.75) is 0 Å². The standard InChI is InChI=1S/C11H14N4O3S/c12-13-8-1-2-10(15(17)18)9(7-8)11(16)14-3-5-19-6-4-14/h1-2,7,13H,3-6,12H2. The second kappa shape index (κ2) is 5.89. The lowest BCUT2D eigenvalue weighted by Crippen LogP contribution is -2.38. The molecule has 0 atom stereocenters. The normalized spacial score (nSPS) is 15.1. The van der Waals surface area contributed by atoms with Crippen LogP contribution < -0.4 is 11.3 Å². The summed E-state index contributed by atoms with van der Waals surface area (Å²) in [4.78, 5) is 24.4. The van der Waals surface area contributed by atoms with E-state index in [1.165, 1.54) is 18.2 Å². The smallest absolute Gasteiger partial charge is 0.282 e. The molecule has 1 aliphatic heterocycles. The van der Waals surface area contributed by atoms with Crippen LogP contribution in [0, 0.1) is 10.1 Å². The molecule has 0 saturated carbocycles. The molecule has 7 nitrogen and oxygen atoms in total. The van der Waals surface area contributed by atoms with E-state index in [1.807, 2.05) is 0 Å². The molecular weight excluding hydrogens is 268 g/mol. The van der Waals surface area contributed by atoms with E-state index in [-0.39, 0.29) is 17.2 Å². The molecule has 0 radical (unpaired) electrons. The molecule has 3 N–H and O–H groups in total. The van der Waals surface area contributed by atoms with E-state index in [2.05, 4.69) is 5.43 Å². The summed E-state index contributed by atoms with van der Waals surface area (Å²) >= 11 is 1.77. The highest BCUT2D eigenvalue weighted by atomic mass is 32.2. The Balaban J connectivity index is 2.34. The summed E-state index contributed by atoms with van der Waals surface area (Å²) in [5, 5.41) is 11.0. The first-order valence-electron chi connectivity index (χ1n) is 5.75. The molecule has 0 aliphatic carbocycles. The molecule has 1 aliphatic rings. The Hall–Kier alpha value is -1.80. The third-order valence-electron chi connectivity index (χ3n) is 2.89. The fourth-order valence-corrected chi connectivity index (χ4v) is 2.80. The zero-order valence-corrected chi connectivity index (χ0v) is 11.0. The van der Waals surface area contributed by atoms with Crippen molar-refractivity contribution in [2.24, 2.45) is 5.84 Å². The molecule has 19 heavy (non-hydrogen) atoms. The van der Waals surface area contributed by atoms with Gasteiger partial charge in [0.1, 0.15) is 5.56 Å². The van der Waals surface area contributed by atoms with Crippen LogP contribution in [-0.4, -0.2) is 40.3 Å². The summed E-state index contributed by atoms with van der Waals surface area (Å²) in [5.74, 6) is 6.67. The predicted molar refractivity (Wildman–Crippen MR) is 74.1 cm³/mol. The molecule has 0 spiro atoms. The first-order valence-corrected chi connectivity index (χ1v) is 6.91. The van der Waals surface area contributed by atoms with Crippen molar-refractivity contribution in [3.8, 4) is 0 Å². The lowest BCUT2D eigenvalue weighted by molar-refractivity contribution is -0.385. The van der Waals surface area contributed by atoms with Gasteiger partial charge in [-0.1, -0.05) is 0 Å². The number of hydrazine groups is 1. The molecule has 0 unspecified atom stereocenters. The molecule has 1 saturated heterocycles. The van der Waals surface area contributed by atoms with Gasteiger partial charge >= 0.3 is 0 Å². The Labute approximate surface area is 114 Å². The van der Waals surface area contributed by atoms with Crippen LogP contribution in [0.25, 0.3) is 0 Å². The third kappa shape index (κ3) is 2.96. The van der Waals surface area contributed by atoms with Gasteiger partial charge in [-0.3, -0.25) is 20.8 Å². The SMILES string of the molecule is NNc1ccc([N+](=O)[O-])c(C(=O)N2CCSCC2)c1. The Bertz CT molecular complexity index is 503. The topological polar surface area (TPSA) is 101 Å². The largest absolute Gasteiger partial charge is 0.337 e. The molecule has 1 aromatic carbocycles. The zero-order chi connectivity index (χ0) is 13.8. The number of carbonyl (C=O) groups excluding carboxylic acids is 1. The number of hydrogen-bond acceptors (Lipinski definition) is 6. The lowest BCUT2D eigenvalue weighted by atomic mass is 10.1. The van der Waals surface area contributed by atoms with E-state index in [1.54, 1.807) is 16.7 Å². The van der Waals surface area contributed by atoms with Gasteiger partial charge in [0.15, 0.2) is 0 Å². The predicted octanol–water partition coefficient (Wildman–Crippen LogP) is 1.07. The highest BCUT2D eigenvalue weighted by Gasteiger charge is 2.26. The lowest BCUT2D eigenvalue weighted by Gasteiger charge is -2.26. The average Bonchev–Trinajstić information content (AvgIpc) is 2.46. The molecule has 1 amide bonds. The second-order valence-electron chi connectivity index (χ2n) is 4.04. The molecule has 1 aromatic rings. The molecule has 8 heteroatoms. The highest BCUT2D eigenvalue weighted by Crippen LogP contribution is 2.24. The van der Waals surface area contributed by atoms with Crippen LogP contribution in [0.4, 0.5) is 11.4 Å². The van der Waals surface area contributed by atoms with Crippen molar-refractivity contribution in [1.29, 1.82) is 0 Å². The quantitative estimate of drug-likeness (QED) is 0.488. The van der Waals surface area contributed by atoms with Gasteiger partial charge in [-0.15, -0.1) is 0 Å². The minimum absolute atomic E-state index is 0.0763. The molecular formula is C11H14N4O3S. The number of nitrogen functional groups attached to an aromatic ring is 1. The van der Waals surface area contributed by atoms with E-state index < -0.39 is 4.92 Å². The number of rotatable bonds is 3. The Kier molecular flexibility index (Phi) is 4.23. The van der Waals surface area contributed by atoms with Crippen LogP contribution in [0.2, 0.25) is 0 Å². The van der Waals surface area contributed by atoms with Crippen molar-refractivity contribution in [1.82, 2.24) is 4.90 Å². The van der Waals surface area contributed by atoms with Crippen molar-refractivity contribution >= 4 is 29.0 Å². The monoisotopic (exact) mass is 282 g/mol. The summed E-state index contributed by atoms with van der Waals surface area (Å²) in [6.45, 7) is 1.22. The number of nitrogens with two attached hydrogens (primary N) is 1. The Morgan fingerprint density at radius 2 is 2.11 bits per heavy atom. The number of hydrogen-bond donors (Lipinski definition) is 2. The van der Waals surface area contributed by atoms with Gasteiger partial charge in [-0.05, 0) is 12.1 Å². The Morgan fingerprint density at radius 1 is 1.42 bits per heavy atom. The fourth-order valence-electron chi connectivity index (χ4n) is 1.89. The van der Waals surface area contributed by atoms with Crippen molar-refractivity contribution < 1.29 is 9.72 Å². The number of anilines is 1. The van der Waals surface area contributed by atoms with E-state index >= 15 is 0 Å². The van der Waals surface area contributed by atoms with Crippen molar-refractivity contribution in [2.75, 3.05) is 30.0 Å². The average molecular weight is 282 g/mol. The summed E-state index contributed by atoms with van der Waals surface area (Å²) < 4.78 is 0. The van der Waals surface area contributed by atoms with Gasteiger partial charge < -0.3 is 10.3 Å². The fraction of sp³-hybridized carbons (Fsp3) is 0.364. The first-order chi connectivity index (χ1) is 9.13. The van der Waals surface area contributed by atoms with Crippen LogP contribution in [0.5, 0.6) is 0 Å². The summed E-state index contributed by atoms with van der Waals surface area (Å²) in [6.07, 6.45) is 0. The van der Waals surface area contributed by atoms with Crippen molar-refractivity contribution in [3.63, 3.8) is 0 Å². The number of benzene rings is 1. The Morgan fingerprint density at radius 3 is 2.68 bits per heavy atom. The van der Waals surface area contributed by atoms with E-state index in [0.717, 1.165) is 11.5 Å². The number of nitro benzene ring substituents is 1. The summed E-state index contributed by atoms with van der Waals surface area (Å²) in [5.41, 5.74) is 2.75. The van der Waals surface area contributed by atoms with Gasteiger partial charge in [0.25, 0.3) is 11.6 Å². The minimum atomic E-state index is -0.549. The van der Waals surface area contributed by atoms with Gasteiger partial charge in [-0.25, -0.2) is 0 Å². The molecule has 1 heterocycles. The number of nitrogens with zero attached hydrogens (tertiary/aromatic N) is 2. The van der Waals surface area contributed by atoms with Gasteiger partial charge in [-0.2, -0.15) is 11.8 Å². The van der Waals surface area contributed by atoms with Gasteiger partial charge in [0, 0.05) is 36.3 Å². The molecule has 102 valence electrons. The molecule has 2 rings (SSSR count). The second-order valence-corrected chi connectivity index (χ2v) is 5.26. The number of thioether (sulfide) groups is 1. The number of nitro groups is 1. The van der Waals surface area contributed by atoms with Crippen LogP contribution in [-0.2, 0) is 0 Å². The van der Waals surface area contributed by atoms with Crippen LogP contribution in [0.3, 0.4) is 0 Å². The maximum atomic E-state index is 12.3. The van der Waals surface area contributed by atoms with Gasteiger partial charge in [0.2, 0.25) is 0 Å². The third-order valence-corrected chi connectivity index (χ3v) is 3.83. The molecule has 1 fully saturated rings. The summed E-state index contributed by atoms with van der Waals surface area (Å²) in [6, 6.07) is 4.18. The molecule has 0 bridgehead atoms. The van der Waals surface area contributed by atoms with E-state index in [9.17, 15) is 14.9 Å². The number of amides is 1. The van der Waals surface area contributed by atoms with E-state index in [0.29, 0.717) is 18.8 Å². The van der Waals surface area contributed by atoms with Crippen LogP contribution in [0.15, 0.2) is 18.2 Å². The molecule has 0 aromatic heterocycles. The maximum Gasteiger partial charge on any atom is 0.282 e. The number of nitrogens with one attached hydrogen (secondary N) is 1. The first kappa shape index (κ1) is 13.6. The van der Waals surface area contributed by atoms with E-state index in [4.69, 9.17) is 5.84 Å². The minimum Gasteiger partial charge on any atom is -0.337 e. The van der Waals surface area contributed by atoms with Crippen molar-refractivity contribution in [3.05, 3.63) is 33.9 Å². The van der Waals surface area contributed by atoms with Gasteiger partial charge in [0.05, 0.1) is 4.92 Å². The van der Waals surface area contributed by atoms with Crippen LogP contribution in [0.1, 0.15) is 10.4 Å². The highest BCUT2D eigenvalue weighted by molar-refractivity contribution is 7.99.